The molecular weight excluding hydrogens is 294 g/mol. The Morgan fingerprint density at radius 1 is 1.29 bits per heavy atom. The highest BCUT2D eigenvalue weighted by atomic mass is 32.2. The zero-order chi connectivity index (χ0) is 14.7. The van der Waals surface area contributed by atoms with Gasteiger partial charge in [-0.25, -0.2) is 0 Å². The molecule has 3 aliphatic heterocycles. The van der Waals surface area contributed by atoms with Gasteiger partial charge in [-0.05, 0) is 31.6 Å². The Hall–Kier alpha value is -0.700. The summed E-state index contributed by atoms with van der Waals surface area (Å²) >= 11 is 0. The van der Waals surface area contributed by atoms with Crippen LogP contribution in [0.4, 0.5) is 0 Å². The van der Waals surface area contributed by atoms with Crippen LogP contribution in [-0.2, 0) is 19.7 Å². The molecule has 21 heavy (non-hydrogen) atoms. The predicted octanol–water partition coefficient (Wildman–Crippen LogP) is -0.694. The second kappa shape index (κ2) is 4.65. The molecule has 8 heteroatoms. The molecule has 2 unspecified atom stereocenters. The molecule has 1 spiro atoms. The summed E-state index contributed by atoms with van der Waals surface area (Å²) in [5, 5.41) is 2.93. The van der Waals surface area contributed by atoms with Crippen LogP contribution in [0.15, 0.2) is 0 Å². The van der Waals surface area contributed by atoms with E-state index in [1.807, 2.05) is 0 Å². The van der Waals surface area contributed by atoms with Crippen LogP contribution in [0, 0.1) is 5.92 Å². The van der Waals surface area contributed by atoms with Crippen molar-refractivity contribution in [2.75, 3.05) is 32.8 Å². The lowest BCUT2D eigenvalue weighted by Crippen LogP contribution is -2.72. The lowest BCUT2D eigenvalue weighted by molar-refractivity contribution is -0.126. The van der Waals surface area contributed by atoms with Crippen molar-refractivity contribution in [2.24, 2.45) is 5.92 Å². The molecular formula is C13H21N3O4S. The number of fused-ring (bicyclic) bond motifs is 2. The maximum Gasteiger partial charge on any atom is 0.282 e. The Kier molecular flexibility index (Phi) is 3.08. The van der Waals surface area contributed by atoms with Gasteiger partial charge in [-0.15, -0.1) is 0 Å². The Labute approximate surface area is 124 Å². The molecule has 0 aromatic carbocycles. The van der Waals surface area contributed by atoms with Crippen LogP contribution in [0.25, 0.3) is 0 Å². The molecule has 1 amide bonds. The fourth-order valence-corrected chi connectivity index (χ4v) is 6.25. The molecule has 1 N–H and O–H groups in total. The van der Waals surface area contributed by atoms with Crippen molar-refractivity contribution in [3.63, 3.8) is 0 Å². The molecule has 3 heterocycles. The van der Waals surface area contributed by atoms with E-state index in [0.29, 0.717) is 38.6 Å². The van der Waals surface area contributed by atoms with Crippen LogP contribution in [-0.4, -0.2) is 67.4 Å². The second-order valence-electron chi connectivity index (χ2n) is 6.81. The first-order chi connectivity index (χ1) is 9.98. The molecule has 3 saturated heterocycles. The van der Waals surface area contributed by atoms with Gasteiger partial charge >= 0.3 is 0 Å². The van der Waals surface area contributed by atoms with Crippen LogP contribution in [0.3, 0.4) is 0 Å². The Morgan fingerprint density at radius 2 is 2.10 bits per heavy atom. The molecule has 1 aliphatic carbocycles. The number of nitrogens with zero attached hydrogens (tertiary/aromatic N) is 2. The molecule has 7 nitrogen and oxygen atoms in total. The van der Waals surface area contributed by atoms with Gasteiger partial charge < -0.3 is 10.1 Å². The normalized spacial score (nSPS) is 36.5. The van der Waals surface area contributed by atoms with Crippen molar-refractivity contribution >= 4 is 16.1 Å². The average Bonchev–Trinajstić information content (AvgIpc) is 2.97. The van der Waals surface area contributed by atoms with Crippen molar-refractivity contribution in [3.05, 3.63) is 0 Å². The smallest absolute Gasteiger partial charge is 0.282 e. The Morgan fingerprint density at radius 3 is 2.76 bits per heavy atom. The molecule has 2 bridgehead atoms. The van der Waals surface area contributed by atoms with E-state index in [-0.39, 0.29) is 18.6 Å². The van der Waals surface area contributed by atoms with Gasteiger partial charge in [-0.1, -0.05) is 0 Å². The highest BCUT2D eigenvalue weighted by Gasteiger charge is 2.54. The highest BCUT2D eigenvalue weighted by molar-refractivity contribution is 7.86. The minimum Gasteiger partial charge on any atom is -0.372 e. The van der Waals surface area contributed by atoms with Gasteiger partial charge in [-0.2, -0.15) is 17.0 Å². The quantitative estimate of drug-likeness (QED) is 0.731. The summed E-state index contributed by atoms with van der Waals surface area (Å²) in [4.78, 5) is 11.6. The molecule has 2 atom stereocenters. The average molecular weight is 315 g/mol. The summed E-state index contributed by atoms with van der Waals surface area (Å²) in [7, 11) is -3.36. The largest absolute Gasteiger partial charge is 0.372 e. The minimum atomic E-state index is -3.36. The zero-order valence-corrected chi connectivity index (χ0v) is 12.8. The van der Waals surface area contributed by atoms with Gasteiger partial charge in [0.1, 0.15) is 6.61 Å². The zero-order valence-electron chi connectivity index (χ0n) is 12.0. The van der Waals surface area contributed by atoms with Gasteiger partial charge in [0.2, 0.25) is 5.91 Å². The van der Waals surface area contributed by atoms with Gasteiger partial charge in [-0.3, -0.25) is 4.79 Å². The highest BCUT2D eigenvalue weighted by Crippen LogP contribution is 2.41. The number of carbonyl (C=O) groups is 1. The van der Waals surface area contributed by atoms with Gasteiger partial charge in [0.15, 0.2) is 0 Å². The van der Waals surface area contributed by atoms with E-state index in [2.05, 4.69) is 5.32 Å². The summed E-state index contributed by atoms with van der Waals surface area (Å²) in [6, 6.07) is 0.198. The molecule has 118 valence electrons. The number of hydrogen-bond donors (Lipinski definition) is 1. The topological polar surface area (TPSA) is 79.0 Å². The maximum atomic E-state index is 12.7. The number of carbonyl (C=O) groups excluding carboxylic acids is 1. The minimum absolute atomic E-state index is 0.0738. The van der Waals surface area contributed by atoms with Crippen LogP contribution in [0.1, 0.15) is 25.7 Å². The SMILES string of the molecule is O=C1COCCC2(CN(S(=O)(=O)N3CC4CCC3C4)C2)N1. The summed E-state index contributed by atoms with van der Waals surface area (Å²) in [6.07, 6.45) is 3.85. The van der Waals surface area contributed by atoms with Crippen molar-refractivity contribution in [3.8, 4) is 0 Å². The fourth-order valence-electron chi connectivity index (χ4n) is 4.17. The number of rotatable bonds is 2. The summed E-state index contributed by atoms with van der Waals surface area (Å²) in [5.41, 5.74) is -0.417. The van der Waals surface area contributed by atoms with Crippen molar-refractivity contribution in [2.45, 2.75) is 37.3 Å². The first kappa shape index (κ1) is 13.9. The first-order valence-electron chi connectivity index (χ1n) is 7.64. The van der Waals surface area contributed by atoms with E-state index >= 15 is 0 Å². The summed E-state index contributed by atoms with van der Waals surface area (Å²) < 4.78 is 33.8. The lowest BCUT2D eigenvalue weighted by atomic mass is 9.89. The van der Waals surface area contributed by atoms with E-state index < -0.39 is 15.7 Å². The van der Waals surface area contributed by atoms with Crippen molar-refractivity contribution in [1.82, 2.24) is 13.9 Å². The van der Waals surface area contributed by atoms with E-state index in [9.17, 15) is 13.2 Å². The van der Waals surface area contributed by atoms with Crippen molar-refractivity contribution in [1.29, 1.82) is 0 Å². The van der Waals surface area contributed by atoms with Gasteiger partial charge in [0, 0.05) is 32.3 Å². The third-order valence-corrected chi connectivity index (χ3v) is 7.25. The monoisotopic (exact) mass is 315 g/mol. The first-order valence-corrected chi connectivity index (χ1v) is 9.04. The number of amides is 1. The number of ether oxygens (including phenoxy) is 1. The standard InChI is InChI=1S/C13H21N3O4S/c17-12-7-20-4-3-13(14-12)8-15(9-13)21(18,19)16-6-10-1-2-11(16)5-10/h10-11H,1-9H2,(H,14,17). The van der Waals surface area contributed by atoms with E-state index in [4.69, 9.17) is 4.74 Å². The second-order valence-corrected chi connectivity index (χ2v) is 8.69. The fraction of sp³-hybridized carbons (Fsp3) is 0.923. The van der Waals surface area contributed by atoms with Crippen LogP contribution in [0.2, 0.25) is 0 Å². The molecule has 4 aliphatic rings. The van der Waals surface area contributed by atoms with E-state index in [1.54, 1.807) is 4.31 Å². The molecule has 0 aromatic rings. The Bertz CT molecular complexity index is 558. The molecule has 0 radical (unpaired) electrons. The molecule has 0 aromatic heterocycles. The lowest BCUT2D eigenvalue weighted by Gasteiger charge is -2.50. The summed E-state index contributed by atoms with van der Waals surface area (Å²) in [5.74, 6) is 0.399. The molecule has 4 rings (SSSR count). The Balaban J connectivity index is 1.46. The third kappa shape index (κ3) is 2.19. The number of hydrogen-bond acceptors (Lipinski definition) is 4. The van der Waals surface area contributed by atoms with E-state index in [1.165, 1.54) is 4.31 Å². The summed E-state index contributed by atoms with van der Waals surface area (Å²) in [6.45, 7) is 1.99. The van der Waals surface area contributed by atoms with Crippen LogP contribution in [0.5, 0.6) is 0 Å². The van der Waals surface area contributed by atoms with Crippen LogP contribution < -0.4 is 5.32 Å². The van der Waals surface area contributed by atoms with Crippen molar-refractivity contribution < 1.29 is 17.9 Å². The molecule has 4 fully saturated rings. The number of piperidine rings is 1. The van der Waals surface area contributed by atoms with Gasteiger partial charge in [0.25, 0.3) is 10.2 Å². The van der Waals surface area contributed by atoms with E-state index in [0.717, 1.165) is 19.3 Å². The maximum absolute atomic E-state index is 12.7. The molecule has 1 saturated carbocycles. The van der Waals surface area contributed by atoms with Crippen LogP contribution >= 0.6 is 0 Å². The predicted molar refractivity (Wildman–Crippen MR) is 74.6 cm³/mol. The van der Waals surface area contributed by atoms with Gasteiger partial charge in [0.05, 0.1) is 5.54 Å². The number of nitrogens with one attached hydrogen (secondary N) is 1. The third-order valence-electron chi connectivity index (χ3n) is 5.30.